The van der Waals surface area contributed by atoms with Crippen molar-refractivity contribution in [2.75, 3.05) is 13.1 Å². The monoisotopic (exact) mass is 237 g/mol. The third-order valence-electron chi connectivity index (χ3n) is 3.55. The average molecular weight is 237 g/mol. The van der Waals surface area contributed by atoms with Crippen molar-refractivity contribution in [1.82, 2.24) is 5.32 Å². The van der Waals surface area contributed by atoms with Crippen LogP contribution in [0, 0.1) is 11.7 Å². The van der Waals surface area contributed by atoms with E-state index in [-0.39, 0.29) is 5.82 Å². The number of rotatable bonds is 3. The van der Waals surface area contributed by atoms with Crippen molar-refractivity contribution in [1.29, 1.82) is 0 Å². The number of aliphatic hydroxyl groups is 1. The number of aliphatic hydroxyl groups excluding tert-OH is 1. The fourth-order valence-corrected chi connectivity index (χ4v) is 2.49. The fourth-order valence-electron chi connectivity index (χ4n) is 2.49. The fraction of sp³-hybridized carbons (Fsp3) is 0.571. The van der Waals surface area contributed by atoms with Crippen LogP contribution in [0.4, 0.5) is 4.39 Å². The Kier molecular flexibility index (Phi) is 4.51. The first-order valence-electron chi connectivity index (χ1n) is 6.39. The van der Waals surface area contributed by atoms with Crippen LogP contribution in [0.3, 0.4) is 0 Å². The van der Waals surface area contributed by atoms with Gasteiger partial charge in [-0.3, -0.25) is 0 Å². The van der Waals surface area contributed by atoms with E-state index < -0.39 is 6.10 Å². The second-order valence-electron chi connectivity index (χ2n) is 4.80. The minimum absolute atomic E-state index is 0.210. The quantitative estimate of drug-likeness (QED) is 0.844. The summed E-state index contributed by atoms with van der Waals surface area (Å²) in [4.78, 5) is 0. The van der Waals surface area contributed by atoms with Gasteiger partial charge in [-0.2, -0.15) is 0 Å². The van der Waals surface area contributed by atoms with E-state index in [2.05, 4.69) is 5.32 Å². The van der Waals surface area contributed by atoms with Gasteiger partial charge < -0.3 is 10.4 Å². The van der Waals surface area contributed by atoms with Gasteiger partial charge in [0, 0.05) is 6.42 Å². The van der Waals surface area contributed by atoms with E-state index in [1.54, 1.807) is 12.1 Å². The zero-order chi connectivity index (χ0) is 12.1. The van der Waals surface area contributed by atoms with Gasteiger partial charge >= 0.3 is 0 Å². The lowest BCUT2D eigenvalue weighted by Gasteiger charge is -2.21. The van der Waals surface area contributed by atoms with E-state index >= 15 is 0 Å². The molecule has 1 heterocycles. The van der Waals surface area contributed by atoms with Crippen LogP contribution in [0.2, 0.25) is 0 Å². The molecule has 0 spiro atoms. The molecule has 2 nitrogen and oxygen atoms in total. The molecule has 17 heavy (non-hydrogen) atoms. The smallest absolute Gasteiger partial charge is 0.126 e. The maximum Gasteiger partial charge on any atom is 0.126 e. The van der Waals surface area contributed by atoms with Crippen LogP contribution in [-0.4, -0.2) is 24.3 Å². The summed E-state index contributed by atoms with van der Waals surface area (Å²) in [5.74, 6) is 0.0860. The van der Waals surface area contributed by atoms with Gasteiger partial charge in [-0.15, -0.1) is 0 Å². The molecular formula is C14H20FNO. The highest BCUT2D eigenvalue weighted by atomic mass is 19.1. The molecule has 1 aliphatic rings. The molecule has 94 valence electrons. The van der Waals surface area contributed by atoms with Crippen LogP contribution in [0.1, 0.15) is 24.8 Å². The first-order valence-corrected chi connectivity index (χ1v) is 6.39. The number of hydrogen-bond donors (Lipinski definition) is 2. The van der Waals surface area contributed by atoms with Crippen molar-refractivity contribution in [2.24, 2.45) is 5.92 Å². The van der Waals surface area contributed by atoms with Gasteiger partial charge in [0.25, 0.3) is 0 Å². The largest absolute Gasteiger partial charge is 0.392 e. The van der Waals surface area contributed by atoms with Crippen molar-refractivity contribution >= 4 is 0 Å². The molecule has 1 aromatic carbocycles. The van der Waals surface area contributed by atoms with Gasteiger partial charge in [0.15, 0.2) is 0 Å². The lowest BCUT2D eigenvalue weighted by Crippen LogP contribution is -2.24. The van der Waals surface area contributed by atoms with Gasteiger partial charge in [0.1, 0.15) is 5.82 Å². The second-order valence-corrected chi connectivity index (χ2v) is 4.80. The molecule has 0 saturated carbocycles. The van der Waals surface area contributed by atoms with Crippen LogP contribution >= 0.6 is 0 Å². The Balaban J connectivity index is 1.95. The molecule has 0 aliphatic carbocycles. The Hall–Kier alpha value is -0.930. The van der Waals surface area contributed by atoms with Crippen molar-refractivity contribution < 1.29 is 9.50 Å². The van der Waals surface area contributed by atoms with Crippen LogP contribution < -0.4 is 5.32 Å². The number of benzene rings is 1. The lowest BCUT2D eigenvalue weighted by atomic mass is 9.90. The van der Waals surface area contributed by atoms with Gasteiger partial charge in [0.05, 0.1) is 6.10 Å². The number of hydrogen-bond acceptors (Lipinski definition) is 2. The Morgan fingerprint density at radius 3 is 2.94 bits per heavy atom. The maximum atomic E-state index is 13.5. The third-order valence-corrected chi connectivity index (χ3v) is 3.55. The topological polar surface area (TPSA) is 32.3 Å². The molecule has 0 aromatic heterocycles. The van der Waals surface area contributed by atoms with E-state index in [4.69, 9.17) is 0 Å². The van der Waals surface area contributed by atoms with Gasteiger partial charge in [-0.1, -0.05) is 18.2 Å². The molecule has 1 aromatic rings. The summed E-state index contributed by atoms with van der Waals surface area (Å²) in [6.07, 6.45) is 3.11. The summed E-state index contributed by atoms with van der Waals surface area (Å²) in [5, 5.41) is 13.5. The van der Waals surface area contributed by atoms with Crippen LogP contribution in [0.5, 0.6) is 0 Å². The molecule has 0 amide bonds. The van der Waals surface area contributed by atoms with Crippen LogP contribution in [0.15, 0.2) is 24.3 Å². The lowest BCUT2D eigenvalue weighted by molar-refractivity contribution is 0.0995. The molecular weight excluding hydrogens is 217 g/mol. The summed E-state index contributed by atoms with van der Waals surface area (Å²) in [6, 6.07) is 6.71. The van der Waals surface area contributed by atoms with Crippen molar-refractivity contribution in [3.8, 4) is 0 Å². The summed E-state index contributed by atoms with van der Waals surface area (Å²) >= 11 is 0. The molecule has 2 N–H and O–H groups in total. The predicted molar refractivity (Wildman–Crippen MR) is 66.3 cm³/mol. The second kappa shape index (κ2) is 6.12. The van der Waals surface area contributed by atoms with Crippen LogP contribution in [0.25, 0.3) is 0 Å². The zero-order valence-corrected chi connectivity index (χ0v) is 10.0. The Labute approximate surface area is 102 Å². The molecule has 1 fully saturated rings. The molecule has 2 unspecified atom stereocenters. The highest BCUT2D eigenvalue weighted by Crippen LogP contribution is 2.21. The van der Waals surface area contributed by atoms with E-state index in [0.29, 0.717) is 17.9 Å². The summed E-state index contributed by atoms with van der Waals surface area (Å²) in [7, 11) is 0. The first-order chi connectivity index (χ1) is 8.27. The minimum Gasteiger partial charge on any atom is -0.392 e. The van der Waals surface area contributed by atoms with Crippen LogP contribution in [-0.2, 0) is 6.42 Å². The van der Waals surface area contributed by atoms with Gasteiger partial charge in [-0.25, -0.2) is 4.39 Å². The SMILES string of the molecule is OC(Cc1ccccc1F)C1CCCNCC1. The normalized spacial score (nSPS) is 23.1. The summed E-state index contributed by atoms with van der Waals surface area (Å²) in [5.41, 5.74) is 0.622. The third kappa shape index (κ3) is 3.51. The van der Waals surface area contributed by atoms with E-state index in [1.807, 2.05) is 6.07 Å². The predicted octanol–water partition coefficient (Wildman–Crippen LogP) is 2.12. The Morgan fingerprint density at radius 1 is 1.29 bits per heavy atom. The van der Waals surface area contributed by atoms with Crippen molar-refractivity contribution in [2.45, 2.75) is 31.8 Å². The minimum atomic E-state index is -0.424. The van der Waals surface area contributed by atoms with E-state index in [9.17, 15) is 9.50 Å². The maximum absolute atomic E-state index is 13.5. The molecule has 3 heteroatoms. The molecule has 2 atom stereocenters. The zero-order valence-electron chi connectivity index (χ0n) is 10.0. The highest BCUT2D eigenvalue weighted by molar-refractivity contribution is 5.18. The first kappa shape index (κ1) is 12.5. The van der Waals surface area contributed by atoms with Crippen molar-refractivity contribution in [3.63, 3.8) is 0 Å². The molecule has 1 saturated heterocycles. The molecule has 0 bridgehead atoms. The number of halogens is 1. The summed E-state index contributed by atoms with van der Waals surface area (Å²) < 4.78 is 13.5. The van der Waals surface area contributed by atoms with E-state index in [0.717, 1.165) is 32.4 Å². The Bertz CT molecular complexity index is 348. The summed E-state index contributed by atoms with van der Waals surface area (Å²) in [6.45, 7) is 1.99. The molecule has 1 aliphatic heterocycles. The highest BCUT2D eigenvalue weighted by Gasteiger charge is 2.21. The average Bonchev–Trinajstić information content (AvgIpc) is 2.61. The molecule has 2 rings (SSSR count). The van der Waals surface area contributed by atoms with Gasteiger partial charge in [0.2, 0.25) is 0 Å². The number of nitrogens with one attached hydrogen (secondary N) is 1. The van der Waals surface area contributed by atoms with Crippen molar-refractivity contribution in [3.05, 3.63) is 35.6 Å². The molecule has 0 radical (unpaired) electrons. The standard InChI is InChI=1S/C14H20FNO/c15-13-6-2-1-4-12(13)10-14(17)11-5-3-8-16-9-7-11/h1-2,4,6,11,14,16-17H,3,5,7-10H2. The Morgan fingerprint density at radius 2 is 2.12 bits per heavy atom. The van der Waals surface area contributed by atoms with E-state index in [1.165, 1.54) is 6.07 Å². The van der Waals surface area contributed by atoms with Gasteiger partial charge in [-0.05, 0) is 49.9 Å².